The molecule has 38 heavy (non-hydrogen) atoms. The maximum atomic E-state index is 13.3. The van der Waals surface area contributed by atoms with E-state index in [0.717, 1.165) is 30.6 Å². The number of halogens is 3. The summed E-state index contributed by atoms with van der Waals surface area (Å²) in [7, 11) is 0. The number of nitrogens with zero attached hydrogens (tertiary/aromatic N) is 4. The molecule has 3 heterocycles. The van der Waals surface area contributed by atoms with Crippen LogP contribution in [0.1, 0.15) is 60.6 Å². The average molecular weight is 531 g/mol. The molecule has 0 radical (unpaired) electrons. The minimum absolute atomic E-state index is 0.0183. The number of rotatable bonds is 9. The number of aryl methyl sites for hydroxylation is 1. The minimum Gasteiger partial charge on any atom is -0.438 e. The molecule has 1 saturated heterocycles. The third-order valence-corrected chi connectivity index (χ3v) is 7.74. The quantitative estimate of drug-likeness (QED) is 0.427. The van der Waals surface area contributed by atoms with E-state index in [1.165, 1.54) is 0 Å². The van der Waals surface area contributed by atoms with E-state index in [1.54, 1.807) is 35.1 Å². The molecule has 0 spiro atoms. The highest BCUT2D eigenvalue weighted by atomic mass is 19.4. The van der Waals surface area contributed by atoms with Crippen LogP contribution < -0.4 is 10.6 Å². The number of carbonyl (C=O) groups is 2. The smallest absolute Gasteiger partial charge is 0.410 e. The molecule has 12 heteroatoms. The van der Waals surface area contributed by atoms with Crippen LogP contribution in [0, 0.1) is 17.8 Å². The van der Waals surface area contributed by atoms with Gasteiger partial charge in [-0.2, -0.15) is 18.3 Å². The maximum Gasteiger partial charge on any atom is 0.410 e. The molecule has 3 fully saturated rings. The lowest BCUT2D eigenvalue weighted by Crippen LogP contribution is -2.40. The lowest BCUT2D eigenvalue weighted by Gasteiger charge is -2.26. The molecule has 6 rings (SSSR count). The zero-order valence-corrected chi connectivity index (χ0v) is 20.9. The third kappa shape index (κ3) is 4.83. The van der Waals surface area contributed by atoms with Crippen molar-refractivity contribution in [3.63, 3.8) is 0 Å². The zero-order valence-electron chi connectivity index (χ0n) is 20.9. The number of nitrogens with one attached hydrogen (secondary N) is 2. The van der Waals surface area contributed by atoms with Gasteiger partial charge in [0.15, 0.2) is 5.58 Å². The summed E-state index contributed by atoms with van der Waals surface area (Å²) in [5.74, 6) is 1.42. The molecule has 2 N–H and O–H groups in total. The summed E-state index contributed by atoms with van der Waals surface area (Å²) in [5.41, 5.74) is 2.17. The molecule has 2 aromatic heterocycles. The van der Waals surface area contributed by atoms with Crippen molar-refractivity contribution in [2.24, 2.45) is 17.8 Å². The number of urea groups is 1. The number of oxazole rings is 1. The van der Waals surface area contributed by atoms with Crippen molar-refractivity contribution in [1.29, 1.82) is 0 Å². The molecule has 2 saturated carbocycles. The fourth-order valence-electron chi connectivity index (χ4n) is 5.56. The number of carbonyl (C=O) groups excluding carboxylic acids is 2. The Labute approximate surface area is 216 Å². The summed E-state index contributed by atoms with van der Waals surface area (Å²) in [6.45, 7) is 2.06. The minimum atomic E-state index is -4.50. The van der Waals surface area contributed by atoms with Crippen molar-refractivity contribution in [1.82, 2.24) is 30.3 Å². The molecule has 0 bridgehead atoms. The Morgan fingerprint density at radius 1 is 1.21 bits per heavy atom. The van der Waals surface area contributed by atoms with Gasteiger partial charge in [-0.05, 0) is 74.1 Å². The van der Waals surface area contributed by atoms with Gasteiger partial charge >= 0.3 is 12.2 Å². The number of hydrogen-bond acceptors (Lipinski definition) is 5. The first-order valence-electron chi connectivity index (χ1n) is 13.1. The van der Waals surface area contributed by atoms with E-state index < -0.39 is 30.8 Å². The largest absolute Gasteiger partial charge is 0.438 e. The van der Waals surface area contributed by atoms with E-state index in [-0.39, 0.29) is 18.4 Å². The molecule has 3 aliphatic rings. The van der Waals surface area contributed by atoms with Gasteiger partial charge in [0, 0.05) is 19.3 Å². The highest BCUT2D eigenvalue weighted by Crippen LogP contribution is 2.54. The Hall–Kier alpha value is -3.57. The Kier molecular flexibility index (Phi) is 6.07. The summed E-state index contributed by atoms with van der Waals surface area (Å²) in [6, 6.07) is 3.81. The van der Waals surface area contributed by atoms with E-state index in [9.17, 15) is 22.8 Å². The standard InChI is InChI=1S/C26H29F3N6O3/c1-2-35-18(9-10-30-35)23(36)33-22(21(15-4-5-15)16-6-7-16)24-31-17-11-14(3-8-19(17)38-24)12-34-13-20(26(27,28)29)32-25(34)37/h3,8-11,15-16,20-22H,2,4-7,12-13H2,1H3,(H,32,37)(H,33,36). The molecule has 3 aromatic rings. The molecule has 202 valence electrons. The van der Waals surface area contributed by atoms with E-state index in [0.29, 0.717) is 46.6 Å². The van der Waals surface area contributed by atoms with Crippen molar-refractivity contribution in [2.75, 3.05) is 6.54 Å². The molecule has 2 atom stereocenters. The van der Waals surface area contributed by atoms with Crippen LogP contribution in [0.5, 0.6) is 0 Å². The van der Waals surface area contributed by atoms with Crippen molar-refractivity contribution < 1.29 is 27.2 Å². The van der Waals surface area contributed by atoms with Gasteiger partial charge in [0.25, 0.3) is 5.91 Å². The summed E-state index contributed by atoms with van der Waals surface area (Å²) >= 11 is 0. The number of alkyl halides is 3. The molecule has 2 aliphatic carbocycles. The number of amides is 3. The van der Waals surface area contributed by atoms with Crippen LogP contribution in [-0.4, -0.2) is 50.4 Å². The Bertz CT molecular complexity index is 1350. The lowest BCUT2D eigenvalue weighted by molar-refractivity contribution is -0.149. The highest BCUT2D eigenvalue weighted by molar-refractivity contribution is 5.92. The maximum absolute atomic E-state index is 13.3. The van der Waals surface area contributed by atoms with E-state index >= 15 is 0 Å². The van der Waals surface area contributed by atoms with Gasteiger partial charge in [-0.1, -0.05) is 6.07 Å². The predicted octanol–water partition coefficient (Wildman–Crippen LogP) is 4.41. The van der Waals surface area contributed by atoms with Crippen molar-refractivity contribution in [2.45, 2.75) is 64.0 Å². The Balaban J connectivity index is 1.26. The molecule has 9 nitrogen and oxygen atoms in total. The molecule has 1 aliphatic heterocycles. The van der Waals surface area contributed by atoms with Crippen LogP contribution >= 0.6 is 0 Å². The van der Waals surface area contributed by atoms with Gasteiger partial charge in [0.2, 0.25) is 5.89 Å². The topological polar surface area (TPSA) is 105 Å². The Morgan fingerprint density at radius 3 is 2.58 bits per heavy atom. The normalized spacial score (nSPS) is 20.8. The highest BCUT2D eigenvalue weighted by Gasteiger charge is 2.48. The van der Waals surface area contributed by atoms with Crippen LogP contribution in [0.25, 0.3) is 11.1 Å². The van der Waals surface area contributed by atoms with Crippen LogP contribution in [0.15, 0.2) is 34.9 Å². The summed E-state index contributed by atoms with van der Waals surface area (Å²) in [5, 5.41) is 9.38. The third-order valence-electron chi connectivity index (χ3n) is 7.74. The second-order valence-corrected chi connectivity index (χ2v) is 10.5. The first kappa shape index (κ1) is 24.7. The van der Waals surface area contributed by atoms with Gasteiger partial charge in [-0.25, -0.2) is 9.78 Å². The molecule has 2 unspecified atom stereocenters. The van der Waals surface area contributed by atoms with Crippen molar-refractivity contribution in [3.05, 3.63) is 47.6 Å². The molecular formula is C26H29F3N6O3. The molecular weight excluding hydrogens is 501 g/mol. The van der Waals surface area contributed by atoms with Gasteiger partial charge in [0.1, 0.15) is 23.3 Å². The van der Waals surface area contributed by atoms with E-state index in [2.05, 4.69) is 10.4 Å². The van der Waals surface area contributed by atoms with Crippen molar-refractivity contribution >= 4 is 23.0 Å². The first-order valence-corrected chi connectivity index (χ1v) is 13.1. The van der Waals surface area contributed by atoms with Gasteiger partial charge in [0.05, 0.1) is 6.54 Å². The first-order chi connectivity index (χ1) is 18.2. The summed E-state index contributed by atoms with van der Waals surface area (Å²) in [4.78, 5) is 31.2. The van der Waals surface area contributed by atoms with Gasteiger partial charge < -0.3 is 20.0 Å². The van der Waals surface area contributed by atoms with Gasteiger partial charge in [-0.3, -0.25) is 9.48 Å². The number of benzene rings is 1. The van der Waals surface area contributed by atoms with Crippen LogP contribution in [-0.2, 0) is 13.1 Å². The predicted molar refractivity (Wildman–Crippen MR) is 130 cm³/mol. The number of hydrogen-bond donors (Lipinski definition) is 2. The zero-order chi connectivity index (χ0) is 26.6. The monoisotopic (exact) mass is 530 g/mol. The van der Waals surface area contributed by atoms with Crippen LogP contribution in [0.2, 0.25) is 0 Å². The number of aromatic nitrogens is 3. The fourth-order valence-corrected chi connectivity index (χ4v) is 5.56. The lowest BCUT2D eigenvalue weighted by atomic mass is 9.89. The second-order valence-electron chi connectivity index (χ2n) is 10.5. The fraction of sp³-hybridized carbons (Fsp3) is 0.538. The van der Waals surface area contributed by atoms with E-state index in [4.69, 9.17) is 9.40 Å². The SMILES string of the molecule is CCn1nccc1C(=O)NC(c1nc2cc(CN3CC(C(F)(F)F)NC3=O)ccc2o1)C(C1CC1)C1CC1. The second kappa shape index (κ2) is 9.32. The average Bonchev–Trinajstić information content (AvgIpc) is 3.76. The molecule has 3 amide bonds. The van der Waals surface area contributed by atoms with Crippen molar-refractivity contribution in [3.8, 4) is 0 Å². The molecule has 1 aromatic carbocycles. The Morgan fingerprint density at radius 2 is 1.95 bits per heavy atom. The van der Waals surface area contributed by atoms with Crippen LogP contribution in [0.3, 0.4) is 0 Å². The summed E-state index contributed by atoms with van der Waals surface area (Å²) in [6.07, 6.45) is 1.56. The number of fused-ring (bicyclic) bond motifs is 1. The van der Waals surface area contributed by atoms with E-state index in [1.807, 2.05) is 12.2 Å². The van der Waals surface area contributed by atoms with Crippen LogP contribution in [0.4, 0.5) is 18.0 Å². The van der Waals surface area contributed by atoms with Gasteiger partial charge in [-0.15, -0.1) is 0 Å². The summed E-state index contributed by atoms with van der Waals surface area (Å²) < 4.78 is 46.9.